The van der Waals surface area contributed by atoms with Crippen LogP contribution in [0.1, 0.15) is 25.8 Å². The Bertz CT molecular complexity index is 1460. The maximum Gasteiger partial charge on any atom is 0.247 e. The van der Waals surface area contributed by atoms with E-state index < -0.39 is 66.8 Å². The number of carbonyl (C=O) groups is 1. The Morgan fingerprint density at radius 1 is 1.07 bits per heavy atom. The molecular formula is C31H36ClFN2O10. The molecule has 9 atom stereocenters. The first-order valence-corrected chi connectivity index (χ1v) is 14.7. The molecule has 0 aromatic heterocycles. The molecular weight excluding hydrogens is 615 g/mol. The number of nitrogens with one attached hydrogen (secondary N) is 1. The molecule has 5 rings (SSSR count). The molecule has 0 bridgehead atoms. The summed E-state index contributed by atoms with van der Waals surface area (Å²) in [6.45, 7) is 3.27. The zero-order chi connectivity index (χ0) is 32.4. The van der Waals surface area contributed by atoms with Crippen molar-refractivity contribution in [3.63, 3.8) is 0 Å². The summed E-state index contributed by atoms with van der Waals surface area (Å²) in [5.41, 5.74) is 7.99. The average molecular weight is 651 g/mol. The first-order valence-electron chi connectivity index (χ1n) is 14.3. The van der Waals surface area contributed by atoms with Crippen LogP contribution in [0.2, 0.25) is 5.02 Å². The van der Waals surface area contributed by atoms with Crippen LogP contribution in [-0.2, 0) is 19.0 Å². The minimum atomic E-state index is -1.46. The largest absolute Gasteiger partial charge is 0.488 e. The molecule has 3 aliphatic rings. The summed E-state index contributed by atoms with van der Waals surface area (Å²) in [5, 5.41) is 44.8. The molecule has 3 fully saturated rings. The number of ether oxygens (including phenoxy) is 5. The van der Waals surface area contributed by atoms with E-state index in [0.717, 1.165) is 0 Å². The predicted octanol–water partition coefficient (Wildman–Crippen LogP) is 1.67. The van der Waals surface area contributed by atoms with Gasteiger partial charge < -0.3 is 55.2 Å². The highest BCUT2D eigenvalue weighted by Crippen LogP contribution is 2.33. The predicted molar refractivity (Wildman–Crippen MR) is 160 cm³/mol. The lowest BCUT2D eigenvalue weighted by Gasteiger charge is -2.41. The van der Waals surface area contributed by atoms with Crippen LogP contribution in [0.5, 0.6) is 11.5 Å². The van der Waals surface area contributed by atoms with Gasteiger partial charge >= 0.3 is 0 Å². The lowest BCUT2D eigenvalue weighted by atomic mass is 9.83. The van der Waals surface area contributed by atoms with Gasteiger partial charge in [0.15, 0.2) is 0 Å². The van der Waals surface area contributed by atoms with Crippen LogP contribution in [0.3, 0.4) is 0 Å². The Kier molecular flexibility index (Phi) is 10.3. The summed E-state index contributed by atoms with van der Waals surface area (Å²) in [6.07, 6.45) is -4.73. The van der Waals surface area contributed by atoms with Crippen LogP contribution in [-0.4, -0.2) is 94.8 Å². The Labute approximate surface area is 263 Å². The summed E-state index contributed by atoms with van der Waals surface area (Å²) in [7, 11) is 0. The first kappa shape index (κ1) is 33.1. The van der Waals surface area contributed by atoms with Crippen LogP contribution in [0.15, 0.2) is 53.6 Å². The van der Waals surface area contributed by atoms with E-state index in [2.05, 4.69) is 5.32 Å². The lowest BCUT2D eigenvalue weighted by molar-refractivity contribution is -0.155. The van der Waals surface area contributed by atoms with Crippen molar-refractivity contribution in [2.45, 2.75) is 75.3 Å². The van der Waals surface area contributed by atoms with Crippen molar-refractivity contribution in [1.82, 2.24) is 5.32 Å². The molecule has 2 aromatic rings. The number of carbonyl (C=O) groups excluding carboxylic acids is 1. The van der Waals surface area contributed by atoms with Crippen LogP contribution >= 0.6 is 11.6 Å². The van der Waals surface area contributed by atoms with E-state index in [1.807, 2.05) is 0 Å². The van der Waals surface area contributed by atoms with Crippen molar-refractivity contribution in [1.29, 1.82) is 0 Å². The highest BCUT2D eigenvalue weighted by atomic mass is 35.5. The molecule has 2 aromatic carbocycles. The molecule has 12 nitrogen and oxygen atoms in total. The Balaban J connectivity index is 1.16. The number of halogens is 2. The number of aliphatic hydroxyl groups is 4. The van der Waals surface area contributed by atoms with Crippen LogP contribution < -0.4 is 20.5 Å². The molecule has 2 aliphatic heterocycles. The van der Waals surface area contributed by atoms with Crippen molar-refractivity contribution in [2.75, 3.05) is 19.1 Å². The van der Waals surface area contributed by atoms with Crippen LogP contribution in [0, 0.1) is 5.82 Å². The quantitative estimate of drug-likeness (QED) is 0.132. The molecule has 0 spiro atoms. The number of rotatable bonds is 9. The van der Waals surface area contributed by atoms with Crippen molar-refractivity contribution < 1.29 is 53.3 Å². The van der Waals surface area contributed by atoms with Gasteiger partial charge in [0, 0.05) is 18.1 Å². The van der Waals surface area contributed by atoms with Gasteiger partial charge in [0.25, 0.3) is 0 Å². The van der Waals surface area contributed by atoms with Gasteiger partial charge in [-0.2, -0.15) is 0 Å². The summed E-state index contributed by atoms with van der Waals surface area (Å²) in [4.78, 5) is 12.9. The Morgan fingerprint density at radius 2 is 1.80 bits per heavy atom. The van der Waals surface area contributed by atoms with Crippen LogP contribution in [0.25, 0.3) is 6.08 Å². The third-order valence-electron chi connectivity index (χ3n) is 8.00. The van der Waals surface area contributed by atoms with Crippen molar-refractivity contribution in [2.24, 2.45) is 0 Å². The zero-order valence-corrected chi connectivity index (χ0v) is 25.3. The van der Waals surface area contributed by atoms with Gasteiger partial charge in [-0.1, -0.05) is 17.7 Å². The van der Waals surface area contributed by atoms with Gasteiger partial charge in [0.2, 0.25) is 12.2 Å². The molecule has 2 saturated heterocycles. The average Bonchev–Trinajstić information content (AvgIpc) is 3.64. The van der Waals surface area contributed by atoms with E-state index in [1.165, 1.54) is 18.2 Å². The third kappa shape index (κ3) is 7.42. The number of amides is 1. The van der Waals surface area contributed by atoms with Crippen molar-refractivity contribution in [3.8, 4) is 11.5 Å². The number of anilines is 1. The number of benzene rings is 2. The summed E-state index contributed by atoms with van der Waals surface area (Å²) in [5.74, 6) is -0.531. The van der Waals surface area contributed by atoms with E-state index in [-0.39, 0.29) is 41.9 Å². The van der Waals surface area contributed by atoms with Gasteiger partial charge in [0.05, 0.1) is 22.9 Å². The van der Waals surface area contributed by atoms with E-state index >= 15 is 0 Å². The minimum absolute atomic E-state index is 0.0839. The maximum absolute atomic E-state index is 13.5. The van der Waals surface area contributed by atoms with Gasteiger partial charge in [-0.05, 0) is 61.4 Å². The molecule has 45 heavy (non-hydrogen) atoms. The van der Waals surface area contributed by atoms with Crippen LogP contribution in [0.4, 0.5) is 10.1 Å². The summed E-state index contributed by atoms with van der Waals surface area (Å²) < 4.78 is 41.4. The normalized spacial score (nSPS) is 31.9. The van der Waals surface area contributed by atoms with E-state index in [0.29, 0.717) is 16.9 Å². The molecule has 1 saturated carbocycles. The monoisotopic (exact) mass is 650 g/mol. The van der Waals surface area contributed by atoms with Crippen molar-refractivity contribution >= 4 is 29.3 Å². The molecule has 0 radical (unpaired) electrons. The fourth-order valence-electron chi connectivity index (χ4n) is 5.53. The highest BCUT2D eigenvalue weighted by Gasteiger charge is 2.53. The lowest BCUT2D eigenvalue weighted by Crippen LogP contribution is -2.67. The standard InChI is InChI=1S/C31H36ClFN2O10/c1-14(7-8-41-22-11-17(33)4-5-18(22)32)28-20(36)12-23(45-28)44-21-6-3-16(10-19(21)34)9-15(2)31(40)35-24-25(37)27(39)30-29(26(24)38)42-13-43-30/h3-7,9-11,20,23-30,36-39H,8,12-13,34H2,1-2H3,(H,35,40)/b14-7+,15-9+/t20-,23+,24+,25-,26+,27+,28+,29-,30+/m0/s1. The fraction of sp³-hybridized carbons (Fsp3) is 0.452. The maximum atomic E-state index is 13.5. The van der Waals surface area contributed by atoms with Gasteiger partial charge in [-0.25, -0.2) is 4.39 Å². The first-order chi connectivity index (χ1) is 21.4. The second kappa shape index (κ2) is 14.0. The van der Waals surface area contributed by atoms with E-state index in [9.17, 15) is 29.6 Å². The van der Waals surface area contributed by atoms with Gasteiger partial charge in [-0.3, -0.25) is 4.79 Å². The summed E-state index contributed by atoms with van der Waals surface area (Å²) in [6, 6.07) is 7.52. The van der Waals surface area contributed by atoms with Gasteiger partial charge in [0.1, 0.15) is 67.3 Å². The topological polar surface area (TPSA) is 182 Å². The molecule has 14 heteroatoms. The summed E-state index contributed by atoms with van der Waals surface area (Å²) >= 11 is 6.03. The molecule has 0 unspecified atom stereocenters. The third-order valence-corrected chi connectivity index (χ3v) is 8.32. The second-order valence-corrected chi connectivity index (χ2v) is 11.6. The van der Waals surface area contributed by atoms with Crippen molar-refractivity contribution in [3.05, 3.63) is 70.0 Å². The fourth-order valence-corrected chi connectivity index (χ4v) is 5.70. The second-order valence-electron chi connectivity index (χ2n) is 11.2. The number of nitrogens with two attached hydrogens (primary N) is 1. The molecule has 1 amide bonds. The smallest absolute Gasteiger partial charge is 0.247 e. The number of fused-ring (bicyclic) bond motifs is 1. The van der Waals surface area contributed by atoms with E-state index in [1.54, 1.807) is 44.2 Å². The Hall–Kier alpha value is -3.27. The number of hydrogen-bond acceptors (Lipinski definition) is 11. The van der Waals surface area contributed by atoms with Gasteiger partial charge in [-0.15, -0.1) is 0 Å². The number of aliphatic hydroxyl groups excluding tert-OH is 4. The Morgan fingerprint density at radius 3 is 2.53 bits per heavy atom. The minimum Gasteiger partial charge on any atom is -0.488 e. The highest BCUT2D eigenvalue weighted by molar-refractivity contribution is 6.32. The molecule has 2 heterocycles. The molecule has 7 N–H and O–H groups in total. The number of hydrogen-bond donors (Lipinski definition) is 6. The molecule has 244 valence electrons. The number of nitrogen functional groups attached to an aromatic ring is 1. The molecule has 1 aliphatic carbocycles. The zero-order valence-electron chi connectivity index (χ0n) is 24.5. The SMILES string of the molecule is C/C(=C\c1ccc(O[C@H]2C[C@H](O)[C@@H](/C(C)=C/COc3cc(F)ccc3Cl)O2)c(N)c1)C(=O)N[C@@H]1[C@H](O)[C@@H](O)[C@H]2OCO[C@H]2[C@@H]1O. The van der Waals surface area contributed by atoms with E-state index in [4.69, 9.17) is 41.0 Å².